The van der Waals surface area contributed by atoms with Gasteiger partial charge < -0.3 is 9.47 Å². The molecule has 0 radical (unpaired) electrons. The molecular weight excluding hydrogens is 372 g/mol. The predicted octanol–water partition coefficient (Wildman–Crippen LogP) is 3.85. The Hall–Kier alpha value is -2.22. The zero-order valence-corrected chi connectivity index (χ0v) is 13.6. The van der Waals surface area contributed by atoms with Crippen LogP contribution in [0.2, 0.25) is 0 Å². The standard InChI is InChI=1S/C15H12BrF2N3O2/c1-22-11-4-2-9(3-5-11)8-21-13-12(6-10(16)7-19-13)14(20-21)23-15(17)18/h2-7,15H,8H2,1H3. The second-order valence-electron chi connectivity index (χ2n) is 4.71. The number of hydrogen-bond donors (Lipinski definition) is 0. The second kappa shape index (κ2) is 6.49. The number of hydrogen-bond acceptors (Lipinski definition) is 4. The van der Waals surface area contributed by atoms with Gasteiger partial charge in [-0.3, -0.25) is 0 Å². The van der Waals surface area contributed by atoms with Gasteiger partial charge in [0.05, 0.1) is 19.0 Å². The molecule has 5 nitrogen and oxygen atoms in total. The van der Waals surface area contributed by atoms with Crippen LogP contribution in [-0.4, -0.2) is 28.5 Å². The average molecular weight is 384 g/mol. The van der Waals surface area contributed by atoms with Crippen LogP contribution in [-0.2, 0) is 6.54 Å². The molecule has 0 bridgehead atoms. The van der Waals surface area contributed by atoms with E-state index >= 15 is 0 Å². The largest absolute Gasteiger partial charge is 0.497 e. The van der Waals surface area contributed by atoms with Crippen molar-refractivity contribution in [3.8, 4) is 11.6 Å². The summed E-state index contributed by atoms with van der Waals surface area (Å²) in [7, 11) is 1.59. The summed E-state index contributed by atoms with van der Waals surface area (Å²) in [6.07, 6.45) is 1.58. The van der Waals surface area contributed by atoms with Crippen molar-refractivity contribution in [3.05, 3.63) is 46.6 Å². The Morgan fingerprint density at radius 2 is 2.00 bits per heavy atom. The van der Waals surface area contributed by atoms with E-state index in [2.05, 4.69) is 30.7 Å². The molecule has 0 N–H and O–H groups in total. The summed E-state index contributed by atoms with van der Waals surface area (Å²) >= 11 is 3.27. The number of methoxy groups -OCH3 is 1. The van der Waals surface area contributed by atoms with E-state index in [9.17, 15) is 8.78 Å². The maximum Gasteiger partial charge on any atom is 0.388 e. The monoisotopic (exact) mass is 383 g/mol. The Morgan fingerprint density at radius 3 is 2.65 bits per heavy atom. The summed E-state index contributed by atoms with van der Waals surface area (Å²) in [5.74, 6) is 0.597. The number of alkyl halides is 2. The molecule has 23 heavy (non-hydrogen) atoms. The minimum atomic E-state index is -2.94. The van der Waals surface area contributed by atoms with Gasteiger partial charge in [-0.05, 0) is 39.7 Å². The van der Waals surface area contributed by atoms with E-state index in [1.54, 1.807) is 19.4 Å². The Bertz CT molecular complexity index is 821. The number of benzene rings is 1. The molecule has 1 aromatic carbocycles. The van der Waals surface area contributed by atoms with Crippen molar-refractivity contribution in [1.82, 2.24) is 14.8 Å². The molecule has 120 valence electrons. The highest BCUT2D eigenvalue weighted by Crippen LogP contribution is 2.28. The topological polar surface area (TPSA) is 49.2 Å². The molecule has 0 amide bonds. The van der Waals surface area contributed by atoms with Crippen LogP contribution in [0.15, 0.2) is 41.0 Å². The summed E-state index contributed by atoms with van der Waals surface area (Å²) in [6.45, 7) is -2.57. The molecular formula is C15H12BrF2N3O2. The van der Waals surface area contributed by atoms with Crippen molar-refractivity contribution in [3.63, 3.8) is 0 Å². The lowest BCUT2D eigenvalue weighted by Gasteiger charge is -2.04. The first-order valence-electron chi connectivity index (χ1n) is 6.66. The summed E-state index contributed by atoms with van der Waals surface area (Å²) in [5, 5.41) is 4.53. The minimum absolute atomic E-state index is 0.141. The minimum Gasteiger partial charge on any atom is -0.497 e. The molecule has 8 heteroatoms. The smallest absolute Gasteiger partial charge is 0.388 e. The first-order chi connectivity index (χ1) is 11.1. The molecule has 0 spiro atoms. The fourth-order valence-corrected chi connectivity index (χ4v) is 2.52. The third-order valence-corrected chi connectivity index (χ3v) is 3.65. The lowest BCUT2D eigenvalue weighted by atomic mass is 10.2. The van der Waals surface area contributed by atoms with Crippen LogP contribution in [0.5, 0.6) is 11.6 Å². The molecule has 2 aromatic heterocycles. The second-order valence-corrected chi connectivity index (χ2v) is 5.63. The van der Waals surface area contributed by atoms with Crippen molar-refractivity contribution >= 4 is 27.0 Å². The fraction of sp³-hybridized carbons (Fsp3) is 0.200. The molecule has 3 aromatic rings. The maximum atomic E-state index is 12.6. The van der Waals surface area contributed by atoms with Crippen molar-refractivity contribution in [2.24, 2.45) is 0 Å². The Kier molecular flexibility index (Phi) is 4.42. The molecule has 0 atom stereocenters. The lowest BCUT2D eigenvalue weighted by Crippen LogP contribution is -2.05. The van der Waals surface area contributed by atoms with Crippen LogP contribution in [0.3, 0.4) is 0 Å². The van der Waals surface area contributed by atoms with Crippen LogP contribution in [0.4, 0.5) is 8.78 Å². The van der Waals surface area contributed by atoms with Crippen molar-refractivity contribution in [1.29, 1.82) is 0 Å². The third kappa shape index (κ3) is 3.42. The van der Waals surface area contributed by atoms with E-state index in [4.69, 9.17) is 4.74 Å². The van der Waals surface area contributed by atoms with Crippen molar-refractivity contribution in [2.75, 3.05) is 7.11 Å². The molecule has 0 saturated carbocycles. The van der Waals surface area contributed by atoms with Crippen molar-refractivity contribution in [2.45, 2.75) is 13.2 Å². The fourth-order valence-electron chi connectivity index (χ4n) is 2.19. The van der Waals surface area contributed by atoms with Gasteiger partial charge >= 0.3 is 6.61 Å². The number of pyridine rings is 1. The van der Waals surface area contributed by atoms with E-state index < -0.39 is 6.61 Å². The number of rotatable bonds is 5. The number of halogens is 3. The molecule has 3 rings (SSSR count). The van der Waals surface area contributed by atoms with Crippen LogP contribution in [0.25, 0.3) is 11.0 Å². The Labute approximate surface area is 139 Å². The van der Waals surface area contributed by atoms with Crippen LogP contribution in [0.1, 0.15) is 5.56 Å². The zero-order chi connectivity index (χ0) is 16.4. The number of ether oxygens (including phenoxy) is 2. The van der Waals surface area contributed by atoms with Gasteiger partial charge in [0, 0.05) is 10.7 Å². The summed E-state index contributed by atoms with van der Waals surface area (Å²) in [6, 6.07) is 9.04. The highest BCUT2D eigenvalue weighted by atomic mass is 79.9. The van der Waals surface area contributed by atoms with Gasteiger partial charge in [-0.1, -0.05) is 12.1 Å². The van der Waals surface area contributed by atoms with E-state index in [-0.39, 0.29) is 5.88 Å². The average Bonchev–Trinajstić information content (AvgIpc) is 2.84. The molecule has 0 saturated heterocycles. The Balaban J connectivity index is 1.99. The molecule has 0 aliphatic rings. The lowest BCUT2D eigenvalue weighted by molar-refractivity contribution is -0.0522. The van der Waals surface area contributed by atoms with Gasteiger partial charge in [-0.2, -0.15) is 8.78 Å². The normalized spacial score (nSPS) is 11.2. The van der Waals surface area contributed by atoms with Gasteiger partial charge in [-0.25, -0.2) is 9.67 Å². The van der Waals surface area contributed by atoms with E-state index in [0.717, 1.165) is 11.3 Å². The zero-order valence-electron chi connectivity index (χ0n) is 12.0. The first-order valence-corrected chi connectivity index (χ1v) is 7.46. The van der Waals surface area contributed by atoms with Gasteiger partial charge in [0.2, 0.25) is 5.88 Å². The molecule has 0 fully saturated rings. The molecule has 0 aliphatic carbocycles. The Morgan fingerprint density at radius 1 is 1.26 bits per heavy atom. The number of fused-ring (bicyclic) bond motifs is 1. The van der Waals surface area contributed by atoms with Gasteiger partial charge in [-0.15, -0.1) is 5.10 Å². The molecule has 0 unspecified atom stereocenters. The highest BCUT2D eigenvalue weighted by molar-refractivity contribution is 9.10. The third-order valence-electron chi connectivity index (χ3n) is 3.21. The van der Waals surface area contributed by atoms with Crippen LogP contribution < -0.4 is 9.47 Å². The van der Waals surface area contributed by atoms with E-state index in [1.165, 1.54) is 4.68 Å². The summed E-state index contributed by atoms with van der Waals surface area (Å²) < 4.78 is 36.9. The maximum absolute atomic E-state index is 12.6. The van der Waals surface area contributed by atoms with Crippen LogP contribution in [0, 0.1) is 0 Å². The summed E-state index contributed by atoms with van der Waals surface area (Å²) in [4.78, 5) is 4.24. The van der Waals surface area contributed by atoms with Crippen LogP contribution >= 0.6 is 15.9 Å². The number of nitrogens with zero attached hydrogens (tertiary/aromatic N) is 3. The van der Waals surface area contributed by atoms with Gasteiger partial charge in [0.1, 0.15) is 5.75 Å². The summed E-state index contributed by atoms with van der Waals surface area (Å²) in [5.41, 5.74) is 1.41. The molecule has 2 heterocycles. The highest BCUT2D eigenvalue weighted by Gasteiger charge is 2.17. The molecule has 0 aliphatic heterocycles. The predicted molar refractivity (Wildman–Crippen MR) is 84.0 cm³/mol. The quantitative estimate of drug-likeness (QED) is 0.671. The first kappa shape index (κ1) is 15.7. The van der Waals surface area contributed by atoms with Gasteiger partial charge in [0.25, 0.3) is 0 Å². The van der Waals surface area contributed by atoms with E-state index in [1.807, 2.05) is 24.3 Å². The van der Waals surface area contributed by atoms with Gasteiger partial charge in [0.15, 0.2) is 5.65 Å². The SMILES string of the molecule is COc1ccc(Cn2nc(OC(F)F)c3cc(Br)cnc32)cc1. The number of aromatic nitrogens is 3. The van der Waals surface area contributed by atoms with E-state index in [0.29, 0.717) is 22.1 Å². The van der Waals surface area contributed by atoms with Crippen molar-refractivity contribution < 1.29 is 18.3 Å².